The first-order valence-corrected chi connectivity index (χ1v) is 6.49. The molecule has 0 amide bonds. The second-order valence-electron chi connectivity index (χ2n) is 5.91. The van der Waals surface area contributed by atoms with Crippen LogP contribution in [0.5, 0.6) is 0 Å². The summed E-state index contributed by atoms with van der Waals surface area (Å²) in [5, 5.41) is 0. The molecule has 0 aliphatic heterocycles. The lowest BCUT2D eigenvalue weighted by atomic mass is 9.59. The molecular formula is C14H16O2. The average Bonchev–Trinajstić information content (AvgIpc) is 2.84. The summed E-state index contributed by atoms with van der Waals surface area (Å²) in [6, 6.07) is 0. The van der Waals surface area contributed by atoms with Gasteiger partial charge in [0.1, 0.15) is 11.6 Å². The molecule has 0 aromatic rings. The van der Waals surface area contributed by atoms with E-state index >= 15 is 0 Å². The monoisotopic (exact) mass is 216 g/mol. The molecule has 0 unspecified atom stereocenters. The Bertz CT molecular complexity index is 434. The molecule has 0 radical (unpaired) electrons. The Balaban J connectivity index is 1.93. The summed E-state index contributed by atoms with van der Waals surface area (Å²) < 4.78 is 0. The van der Waals surface area contributed by atoms with Gasteiger partial charge in [0.25, 0.3) is 0 Å². The molecule has 16 heavy (non-hydrogen) atoms. The number of hydrogen-bond donors (Lipinski definition) is 0. The molecule has 4 aliphatic rings. The summed E-state index contributed by atoms with van der Waals surface area (Å²) in [7, 11) is 0. The molecule has 2 heteroatoms. The zero-order valence-corrected chi connectivity index (χ0v) is 9.37. The maximum absolute atomic E-state index is 12.1. The third-order valence-electron chi connectivity index (χ3n) is 5.65. The van der Waals surface area contributed by atoms with Crippen molar-refractivity contribution in [3.63, 3.8) is 0 Å². The van der Waals surface area contributed by atoms with E-state index in [2.05, 4.69) is 6.08 Å². The van der Waals surface area contributed by atoms with Crippen LogP contribution in [-0.4, -0.2) is 11.6 Å². The Morgan fingerprint density at radius 3 is 2.81 bits per heavy atom. The highest BCUT2D eigenvalue weighted by Gasteiger charge is 2.66. The van der Waals surface area contributed by atoms with Gasteiger partial charge < -0.3 is 0 Å². The topological polar surface area (TPSA) is 34.1 Å². The van der Waals surface area contributed by atoms with Crippen LogP contribution in [0.3, 0.4) is 0 Å². The molecule has 2 nitrogen and oxygen atoms in total. The van der Waals surface area contributed by atoms with E-state index in [-0.39, 0.29) is 17.3 Å². The Morgan fingerprint density at radius 1 is 1.06 bits per heavy atom. The first kappa shape index (κ1) is 9.15. The maximum Gasteiger partial charge on any atom is 0.137 e. The van der Waals surface area contributed by atoms with Gasteiger partial charge in [-0.1, -0.05) is 11.6 Å². The van der Waals surface area contributed by atoms with Crippen LogP contribution in [0, 0.1) is 23.2 Å². The Kier molecular flexibility index (Phi) is 1.52. The third-order valence-corrected chi connectivity index (χ3v) is 5.65. The van der Waals surface area contributed by atoms with Gasteiger partial charge in [-0.3, -0.25) is 9.59 Å². The van der Waals surface area contributed by atoms with Crippen molar-refractivity contribution in [2.24, 2.45) is 23.2 Å². The van der Waals surface area contributed by atoms with Crippen LogP contribution in [0.15, 0.2) is 11.6 Å². The van der Waals surface area contributed by atoms with Gasteiger partial charge in [0.05, 0.1) is 0 Å². The predicted molar refractivity (Wildman–Crippen MR) is 58.7 cm³/mol. The summed E-state index contributed by atoms with van der Waals surface area (Å²) in [5.74, 6) is 1.78. The molecular weight excluding hydrogens is 200 g/mol. The summed E-state index contributed by atoms with van der Waals surface area (Å²) in [5.41, 5.74) is 1.51. The lowest BCUT2D eigenvalue weighted by Gasteiger charge is -2.42. The van der Waals surface area contributed by atoms with E-state index in [1.54, 1.807) is 0 Å². The molecule has 84 valence electrons. The minimum absolute atomic E-state index is 0.0341. The largest absolute Gasteiger partial charge is 0.299 e. The summed E-state index contributed by atoms with van der Waals surface area (Å²) in [4.78, 5) is 24.2. The van der Waals surface area contributed by atoms with E-state index in [1.807, 2.05) is 0 Å². The van der Waals surface area contributed by atoms with Crippen molar-refractivity contribution in [1.29, 1.82) is 0 Å². The zero-order valence-electron chi connectivity index (χ0n) is 9.37. The van der Waals surface area contributed by atoms with Gasteiger partial charge in [0, 0.05) is 30.1 Å². The molecule has 4 atom stereocenters. The molecule has 4 aliphatic carbocycles. The highest BCUT2D eigenvalue weighted by molar-refractivity contribution is 5.93. The molecule has 0 aromatic heterocycles. The van der Waals surface area contributed by atoms with Crippen molar-refractivity contribution >= 4 is 11.6 Å². The van der Waals surface area contributed by atoms with Gasteiger partial charge in [-0.2, -0.15) is 0 Å². The molecule has 3 saturated carbocycles. The summed E-state index contributed by atoms with van der Waals surface area (Å²) in [6.45, 7) is 0. The van der Waals surface area contributed by atoms with Crippen LogP contribution in [-0.2, 0) is 9.59 Å². The normalized spacial score (nSPS) is 49.2. The number of carbonyl (C=O) groups is 2. The molecule has 1 spiro atoms. The highest BCUT2D eigenvalue weighted by Crippen LogP contribution is 2.68. The van der Waals surface area contributed by atoms with Gasteiger partial charge in [0.15, 0.2) is 0 Å². The maximum atomic E-state index is 12.1. The zero-order chi connectivity index (χ0) is 10.9. The van der Waals surface area contributed by atoms with Crippen molar-refractivity contribution in [2.45, 2.75) is 38.5 Å². The lowest BCUT2D eigenvalue weighted by molar-refractivity contribution is -0.134. The molecule has 3 fully saturated rings. The van der Waals surface area contributed by atoms with Crippen molar-refractivity contribution in [1.82, 2.24) is 0 Å². The van der Waals surface area contributed by atoms with Crippen molar-refractivity contribution < 1.29 is 9.59 Å². The molecule has 4 rings (SSSR count). The molecule has 0 saturated heterocycles. The second kappa shape index (κ2) is 2.66. The van der Waals surface area contributed by atoms with Crippen LogP contribution < -0.4 is 0 Å². The van der Waals surface area contributed by atoms with Gasteiger partial charge >= 0.3 is 0 Å². The number of ketones is 2. The number of carbonyl (C=O) groups excluding carboxylic acids is 2. The van der Waals surface area contributed by atoms with E-state index in [0.717, 1.165) is 32.1 Å². The van der Waals surface area contributed by atoms with Crippen molar-refractivity contribution in [3.8, 4) is 0 Å². The standard InChI is InChI=1S/C14H16O2/c15-12-6-5-11-13(16)7-9-2-1-8-3-4-10(12)14(8,9)11/h3,9-11H,1-2,4-7H2/t9-,10+,11-,14+/m0/s1. The van der Waals surface area contributed by atoms with Gasteiger partial charge in [-0.05, 0) is 31.6 Å². The molecule has 0 bridgehead atoms. The Labute approximate surface area is 95.1 Å². The molecule has 0 heterocycles. The fraction of sp³-hybridized carbons (Fsp3) is 0.714. The van der Waals surface area contributed by atoms with E-state index in [9.17, 15) is 9.59 Å². The van der Waals surface area contributed by atoms with Crippen LogP contribution in [0.1, 0.15) is 38.5 Å². The van der Waals surface area contributed by atoms with Gasteiger partial charge in [-0.15, -0.1) is 0 Å². The Hall–Kier alpha value is -0.920. The third kappa shape index (κ3) is 0.761. The summed E-state index contributed by atoms with van der Waals surface area (Å²) in [6.07, 6.45) is 7.76. The number of Topliss-reactive ketones (excluding diaryl/α,β-unsaturated/α-hetero) is 2. The second-order valence-corrected chi connectivity index (χ2v) is 5.91. The van der Waals surface area contributed by atoms with Gasteiger partial charge in [-0.25, -0.2) is 0 Å². The van der Waals surface area contributed by atoms with Crippen molar-refractivity contribution in [2.75, 3.05) is 0 Å². The minimum atomic E-state index is 0.0341. The smallest absolute Gasteiger partial charge is 0.137 e. The van der Waals surface area contributed by atoms with Crippen molar-refractivity contribution in [3.05, 3.63) is 11.6 Å². The van der Waals surface area contributed by atoms with Crippen LogP contribution in [0.2, 0.25) is 0 Å². The Morgan fingerprint density at radius 2 is 1.94 bits per heavy atom. The predicted octanol–water partition coefficient (Wildman–Crippen LogP) is 2.28. The number of hydrogen-bond acceptors (Lipinski definition) is 2. The fourth-order valence-corrected chi connectivity index (χ4v) is 5.22. The number of rotatable bonds is 0. The average molecular weight is 216 g/mol. The molecule has 0 N–H and O–H groups in total. The lowest BCUT2D eigenvalue weighted by Crippen LogP contribution is -2.44. The highest BCUT2D eigenvalue weighted by atomic mass is 16.1. The van der Waals surface area contributed by atoms with E-state index in [0.29, 0.717) is 23.9 Å². The first-order chi connectivity index (χ1) is 7.74. The van der Waals surface area contributed by atoms with Crippen LogP contribution in [0.25, 0.3) is 0 Å². The van der Waals surface area contributed by atoms with E-state index in [1.165, 1.54) is 5.57 Å². The molecule has 0 aromatic carbocycles. The summed E-state index contributed by atoms with van der Waals surface area (Å²) >= 11 is 0. The van der Waals surface area contributed by atoms with E-state index < -0.39 is 0 Å². The first-order valence-electron chi connectivity index (χ1n) is 6.49. The van der Waals surface area contributed by atoms with E-state index in [4.69, 9.17) is 0 Å². The fourth-order valence-electron chi connectivity index (χ4n) is 5.22. The van der Waals surface area contributed by atoms with Crippen LogP contribution in [0.4, 0.5) is 0 Å². The number of allylic oxidation sites excluding steroid dienone is 2. The SMILES string of the molecule is O=C1CC[C@H]2C(=O)C[C@@H]3CCC4=CC[C@H]1[C@@]432. The minimum Gasteiger partial charge on any atom is -0.299 e. The van der Waals surface area contributed by atoms with Gasteiger partial charge in [0.2, 0.25) is 0 Å². The van der Waals surface area contributed by atoms with Crippen LogP contribution >= 0.6 is 0 Å². The quantitative estimate of drug-likeness (QED) is 0.582.